The van der Waals surface area contributed by atoms with Gasteiger partial charge in [0.15, 0.2) is 9.84 Å². The zero-order valence-electron chi connectivity index (χ0n) is 12.2. The SMILES string of the molecule is CS(=O)(=O)c1ccc(C(=O)NCC2CC3CCC2C3)cc1. The number of carbonyl (C=O) groups is 1. The summed E-state index contributed by atoms with van der Waals surface area (Å²) in [5.74, 6) is 2.19. The smallest absolute Gasteiger partial charge is 0.251 e. The minimum Gasteiger partial charge on any atom is -0.352 e. The highest BCUT2D eigenvalue weighted by Gasteiger charge is 2.39. The Balaban J connectivity index is 1.58. The minimum absolute atomic E-state index is 0.113. The lowest BCUT2D eigenvalue weighted by Gasteiger charge is -2.21. The average molecular weight is 307 g/mol. The number of nitrogens with one attached hydrogen (secondary N) is 1. The molecule has 21 heavy (non-hydrogen) atoms. The molecule has 3 unspecified atom stereocenters. The highest BCUT2D eigenvalue weighted by Crippen LogP contribution is 2.47. The second kappa shape index (κ2) is 5.44. The molecule has 1 aromatic rings. The van der Waals surface area contributed by atoms with Crippen LogP contribution in [0.3, 0.4) is 0 Å². The Labute approximate surface area is 125 Å². The minimum atomic E-state index is -3.21. The lowest BCUT2D eigenvalue weighted by molar-refractivity contribution is 0.0941. The van der Waals surface area contributed by atoms with Crippen LogP contribution in [0.25, 0.3) is 0 Å². The Morgan fingerprint density at radius 2 is 1.90 bits per heavy atom. The molecule has 0 aromatic heterocycles. The monoisotopic (exact) mass is 307 g/mol. The van der Waals surface area contributed by atoms with Gasteiger partial charge in [-0.1, -0.05) is 6.42 Å². The molecular weight excluding hydrogens is 286 g/mol. The maximum atomic E-state index is 12.1. The predicted molar refractivity (Wildman–Crippen MR) is 80.8 cm³/mol. The number of fused-ring (bicyclic) bond motifs is 2. The van der Waals surface area contributed by atoms with Crippen LogP contribution in [-0.4, -0.2) is 27.1 Å². The first kappa shape index (κ1) is 14.6. The second-order valence-electron chi connectivity index (χ2n) is 6.44. The molecule has 3 atom stereocenters. The zero-order valence-corrected chi connectivity index (χ0v) is 13.0. The van der Waals surface area contributed by atoms with Crippen LogP contribution in [0, 0.1) is 17.8 Å². The number of benzene rings is 1. The van der Waals surface area contributed by atoms with Gasteiger partial charge in [0.1, 0.15) is 0 Å². The topological polar surface area (TPSA) is 63.2 Å². The predicted octanol–water partition coefficient (Wildman–Crippen LogP) is 2.26. The van der Waals surface area contributed by atoms with Gasteiger partial charge >= 0.3 is 0 Å². The van der Waals surface area contributed by atoms with Gasteiger partial charge in [-0.25, -0.2) is 8.42 Å². The average Bonchev–Trinajstić information content (AvgIpc) is 3.06. The van der Waals surface area contributed by atoms with E-state index in [2.05, 4.69) is 5.32 Å². The Morgan fingerprint density at radius 1 is 1.19 bits per heavy atom. The molecule has 1 amide bonds. The molecule has 0 radical (unpaired) electrons. The van der Waals surface area contributed by atoms with Crippen LogP contribution in [0.15, 0.2) is 29.2 Å². The summed E-state index contributed by atoms with van der Waals surface area (Å²) >= 11 is 0. The summed E-state index contributed by atoms with van der Waals surface area (Å²) in [6, 6.07) is 6.13. The molecule has 2 saturated carbocycles. The van der Waals surface area contributed by atoms with E-state index < -0.39 is 9.84 Å². The molecule has 2 bridgehead atoms. The summed E-state index contributed by atoms with van der Waals surface area (Å²) in [5, 5.41) is 3.00. The Hall–Kier alpha value is -1.36. The molecular formula is C16H21NO3S. The van der Waals surface area contributed by atoms with E-state index in [4.69, 9.17) is 0 Å². The highest BCUT2D eigenvalue weighted by atomic mass is 32.2. The van der Waals surface area contributed by atoms with Gasteiger partial charge in [-0.15, -0.1) is 0 Å². The summed E-state index contributed by atoms with van der Waals surface area (Å²) in [6.07, 6.45) is 6.43. The lowest BCUT2D eigenvalue weighted by atomic mass is 9.89. The molecule has 114 valence electrons. The van der Waals surface area contributed by atoms with Crippen molar-refractivity contribution >= 4 is 15.7 Å². The molecule has 1 aromatic carbocycles. The standard InChI is InChI=1S/C16H21NO3S/c1-21(19,20)15-6-4-12(5-7-15)16(18)17-10-14-9-11-2-3-13(14)8-11/h4-7,11,13-14H,2-3,8-10H2,1H3,(H,17,18). The van der Waals surface area contributed by atoms with Crippen LogP contribution >= 0.6 is 0 Å². The number of hydrogen-bond donors (Lipinski definition) is 1. The second-order valence-corrected chi connectivity index (χ2v) is 8.46. The normalized spacial score (nSPS) is 27.8. The van der Waals surface area contributed by atoms with Gasteiger partial charge in [0, 0.05) is 18.4 Å². The Morgan fingerprint density at radius 3 is 2.43 bits per heavy atom. The van der Waals surface area contributed by atoms with Gasteiger partial charge in [0.2, 0.25) is 0 Å². The lowest BCUT2D eigenvalue weighted by Crippen LogP contribution is -2.31. The molecule has 1 N–H and O–H groups in total. The van der Waals surface area contributed by atoms with Crippen molar-refractivity contribution in [3.8, 4) is 0 Å². The van der Waals surface area contributed by atoms with Gasteiger partial charge < -0.3 is 5.32 Å². The Kier molecular flexibility index (Phi) is 3.78. The van der Waals surface area contributed by atoms with E-state index in [1.165, 1.54) is 37.8 Å². The first-order chi connectivity index (χ1) is 9.93. The van der Waals surface area contributed by atoms with E-state index in [1.54, 1.807) is 12.1 Å². The summed E-state index contributed by atoms with van der Waals surface area (Å²) in [7, 11) is -3.21. The third kappa shape index (κ3) is 3.12. The van der Waals surface area contributed by atoms with Crippen LogP contribution in [0.4, 0.5) is 0 Å². The molecule has 0 saturated heterocycles. The van der Waals surface area contributed by atoms with Gasteiger partial charge in [-0.2, -0.15) is 0 Å². The summed E-state index contributed by atoms with van der Waals surface area (Å²) in [6.45, 7) is 0.744. The van der Waals surface area contributed by atoms with Crippen LogP contribution in [0.2, 0.25) is 0 Å². The summed E-state index contributed by atoms with van der Waals surface area (Å²) in [5.41, 5.74) is 0.519. The van der Waals surface area contributed by atoms with Crippen molar-refractivity contribution in [3.63, 3.8) is 0 Å². The maximum absolute atomic E-state index is 12.1. The van der Waals surface area contributed by atoms with Gasteiger partial charge in [-0.05, 0) is 61.3 Å². The maximum Gasteiger partial charge on any atom is 0.251 e. The van der Waals surface area contributed by atoms with Crippen LogP contribution in [0.5, 0.6) is 0 Å². The van der Waals surface area contributed by atoms with Crippen molar-refractivity contribution < 1.29 is 13.2 Å². The number of amides is 1. The highest BCUT2D eigenvalue weighted by molar-refractivity contribution is 7.90. The molecule has 0 spiro atoms. The molecule has 4 nitrogen and oxygen atoms in total. The largest absolute Gasteiger partial charge is 0.352 e. The molecule has 3 rings (SSSR count). The van der Waals surface area contributed by atoms with Crippen LogP contribution in [0.1, 0.15) is 36.0 Å². The van der Waals surface area contributed by atoms with Gasteiger partial charge in [0.05, 0.1) is 4.90 Å². The van der Waals surface area contributed by atoms with Gasteiger partial charge in [-0.3, -0.25) is 4.79 Å². The van der Waals surface area contributed by atoms with Crippen LogP contribution in [-0.2, 0) is 9.84 Å². The molecule has 5 heteroatoms. The number of hydrogen-bond acceptors (Lipinski definition) is 3. The van der Waals surface area contributed by atoms with Gasteiger partial charge in [0.25, 0.3) is 5.91 Å². The summed E-state index contributed by atoms with van der Waals surface area (Å²) in [4.78, 5) is 12.4. The molecule has 2 aliphatic carbocycles. The number of carbonyl (C=O) groups excluding carboxylic acids is 1. The van der Waals surface area contributed by atoms with E-state index in [9.17, 15) is 13.2 Å². The van der Waals surface area contributed by atoms with Crippen molar-refractivity contribution in [2.75, 3.05) is 12.8 Å². The van der Waals surface area contributed by atoms with Crippen LogP contribution < -0.4 is 5.32 Å². The quantitative estimate of drug-likeness (QED) is 0.928. The van der Waals surface area contributed by atoms with Crippen molar-refractivity contribution in [1.29, 1.82) is 0 Å². The van der Waals surface area contributed by atoms with E-state index in [1.807, 2.05) is 0 Å². The molecule has 2 aliphatic rings. The summed E-state index contributed by atoms with van der Waals surface area (Å²) < 4.78 is 22.8. The first-order valence-corrected chi connectivity index (χ1v) is 9.41. The number of rotatable bonds is 4. The third-order valence-electron chi connectivity index (χ3n) is 4.95. The fraction of sp³-hybridized carbons (Fsp3) is 0.562. The van der Waals surface area contributed by atoms with E-state index in [-0.39, 0.29) is 10.8 Å². The van der Waals surface area contributed by atoms with Crippen molar-refractivity contribution in [2.45, 2.75) is 30.6 Å². The fourth-order valence-corrected chi connectivity index (χ4v) is 4.44. The number of sulfone groups is 1. The fourth-order valence-electron chi connectivity index (χ4n) is 3.81. The van der Waals surface area contributed by atoms with E-state index >= 15 is 0 Å². The first-order valence-electron chi connectivity index (χ1n) is 7.52. The van der Waals surface area contributed by atoms with Crippen molar-refractivity contribution in [2.24, 2.45) is 17.8 Å². The van der Waals surface area contributed by atoms with Crippen molar-refractivity contribution in [3.05, 3.63) is 29.8 Å². The van der Waals surface area contributed by atoms with E-state index in [0.29, 0.717) is 11.5 Å². The zero-order chi connectivity index (χ0) is 15.0. The third-order valence-corrected chi connectivity index (χ3v) is 6.08. The Bertz CT molecular complexity index is 636. The van der Waals surface area contributed by atoms with Crippen molar-refractivity contribution in [1.82, 2.24) is 5.32 Å². The molecule has 0 heterocycles. The molecule has 0 aliphatic heterocycles. The van der Waals surface area contributed by atoms with E-state index in [0.717, 1.165) is 24.6 Å². The molecule has 2 fully saturated rings.